The molecule has 0 aromatic heterocycles. The normalized spacial score (nSPS) is 31.9. The van der Waals surface area contributed by atoms with Gasteiger partial charge in [-0.1, -0.05) is 0 Å². The van der Waals surface area contributed by atoms with Gasteiger partial charge in [0.15, 0.2) is 0 Å². The minimum atomic E-state index is 0.654. The first-order chi connectivity index (χ1) is 6.92. The van der Waals surface area contributed by atoms with Gasteiger partial charge in [-0.3, -0.25) is 0 Å². The Balaban J connectivity index is 1.89. The SMILES string of the molecule is CNC(C1CCOCC1)C1CCCN1. The largest absolute Gasteiger partial charge is 0.381 e. The third kappa shape index (κ3) is 2.27. The van der Waals surface area contributed by atoms with E-state index < -0.39 is 0 Å². The van der Waals surface area contributed by atoms with Crippen molar-refractivity contribution in [2.45, 2.75) is 37.8 Å². The van der Waals surface area contributed by atoms with Crippen LogP contribution in [0.3, 0.4) is 0 Å². The highest BCUT2D eigenvalue weighted by Gasteiger charge is 2.30. The van der Waals surface area contributed by atoms with E-state index in [9.17, 15) is 0 Å². The molecule has 0 aromatic rings. The van der Waals surface area contributed by atoms with Gasteiger partial charge in [0, 0.05) is 25.3 Å². The lowest BCUT2D eigenvalue weighted by molar-refractivity contribution is 0.0502. The van der Waals surface area contributed by atoms with Crippen LogP contribution in [0.2, 0.25) is 0 Å². The summed E-state index contributed by atoms with van der Waals surface area (Å²) in [6.45, 7) is 3.11. The first-order valence-electron chi connectivity index (χ1n) is 5.90. The molecule has 2 saturated heterocycles. The molecular formula is C11H22N2O. The van der Waals surface area contributed by atoms with E-state index in [0.29, 0.717) is 12.1 Å². The highest BCUT2D eigenvalue weighted by atomic mass is 16.5. The predicted molar refractivity (Wildman–Crippen MR) is 57.4 cm³/mol. The van der Waals surface area contributed by atoms with Gasteiger partial charge in [0.25, 0.3) is 0 Å². The summed E-state index contributed by atoms with van der Waals surface area (Å²) in [5.41, 5.74) is 0. The Morgan fingerprint density at radius 2 is 2.07 bits per heavy atom. The van der Waals surface area contributed by atoms with Crippen LogP contribution >= 0.6 is 0 Å². The Morgan fingerprint density at radius 1 is 1.29 bits per heavy atom. The summed E-state index contributed by atoms with van der Waals surface area (Å²) >= 11 is 0. The van der Waals surface area contributed by atoms with Crippen LogP contribution in [0.15, 0.2) is 0 Å². The molecule has 2 atom stereocenters. The van der Waals surface area contributed by atoms with Gasteiger partial charge in [0.1, 0.15) is 0 Å². The molecule has 3 heteroatoms. The van der Waals surface area contributed by atoms with Gasteiger partial charge in [-0.05, 0) is 45.2 Å². The fourth-order valence-corrected chi connectivity index (χ4v) is 2.86. The predicted octanol–water partition coefficient (Wildman–Crippen LogP) is 0.753. The molecule has 2 heterocycles. The van der Waals surface area contributed by atoms with Crippen molar-refractivity contribution in [3.63, 3.8) is 0 Å². The molecule has 0 spiro atoms. The Morgan fingerprint density at radius 3 is 2.64 bits per heavy atom. The van der Waals surface area contributed by atoms with Crippen molar-refractivity contribution in [3.8, 4) is 0 Å². The van der Waals surface area contributed by atoms with E-state index in [-0.39, 0.29) is 0 Å². The average molecular weight is 198 g/mol. The highest BCUT2D eigenvalue weighted by molar-refractivity contribution is 4.90. The van der Waals surface area contributed by atoms with Crippen molar-refractivity contribution in [2.75, 3.05) is 26.8 Å². The first kappa shape index (κ1) is 10.4. The summed E-state index contributed by atoms with van der Waals surface area (Å²) in [6, 6.07) is 1.35. The molecule has 2 rings (SSSR count). The van der Waals surface area contributed by atoms with E-state index in [1.807, 2.05) is 0 Å². The van der Waals surface area contributed by atoms with E-state index in [1.54, 1.807) is 0 Å². The van der Waals surface area contributed by atoms with E-state index in [4.69, 9.17) is 4.74 Å². The number of hydrogen-bond acceptors (Lipinski definition) is 3. The fourth-order valence-electron chi connectivity index (χ4n) is 2.86. The van der Waals surface area contributed by atoms with E-state index in [0.717, 1.165) is 19.1 Å². The summed E-state index contributed by atoms with van der Waals surface area (Å²) in [7, 11) is 2.10. The van der Waals surface area contributed by atoms with Crippen LogP contribution in [0.5, 0.6) is 0 Å². The molecule has 2 unspecified atom stereocenters. The Labute approximate surface area is 86.6 Å². The van der Waals surface area contributed by atoms with Gasteiger partial charge in [-0.15, -0.1) is 0 Å². The second-order valence-corrected chi connectivity index (χ2v) is 4.47. The summed E-state index contributed by atoms with van der Waals surface area (Å²) < 4.78 is 5.41. The molecule has 0 aromatic carbocycles. The van der Waals surface area contributed by atoms with Crippen molar-refractivity contribution in [2.24, 2.45) is 5.92 Å². The van der Waals surface area contributed by atoms with Crippen LogP contribution in [-0.2, 0) is 4.74 Å². The van der Waals surface area contributed by atoms with Gasteiger partial charge < -0.3 is 15.4 Å². The Kier molecular flexibility index (Phi) is 3.79. The van der Waals surface area contributed by atoms with Crippen LogP contribution in [0.4, 0.5) is 0 Å². The molecule has 3 nitrogen and oxygen atoms in total. The molecule has 82 valence electrons. The second kappa shape index (κ2) is 5.10. The maximum atomic E-state index is 5.41. The Bertz CT molecular complexity index is 163. The lowest BCUT2D eigenvalue weighted by Crippen LogP contribution is -2.49. The van der Waals surface area contributed by atoms with E-state index >= 15 is 0 Å². The molecule has 0 amide bonds. The molecule has 0 radical (unpaired) electrons. The zero-order valence-corrected chi connectivity index (χ0v) is 9.09. The smallest absolute Gasteiger partial charge is 0.0469 e. The van der Waals surface area contributed by atoms with Crippen LogP contribution in [0.1, 0.15) is 25.7 Å². The quantitative estimate of drug-likeness (QED) is 0.702. The van der Waals surface area contributed by atoms with Gasteiger partial charge in [-0.25, -0.2) is 0 Å². The topological polar surface area (TPSA) is 33.3 Å². The van der Waals surface area contributed by atoms with Crippen molar-refractivity contribution in [1.29, 1.82) is 0 Å². The van der Waals surface area contributed by atoms with Crippen molar-refractivity contribution < 1.29 is 4.74 Å². The zero-order chi connectivity index (χ0) is 9.80. The van der Waals surface area contributed by atoms with Crippen molar-refractivity contribution >= 4 is 0 Å². The summed E-state index contributed by atoms with van der Waals surface area (Å²) in [4.78, 5) is 0. The summed E-state index contributed by atoms with van der Waals surface area (Å²) in [5.74, 6) is 0.810. The Hall–Kier alpha value is -0.120. The number of hydrogen-bond donors (Lipinski definition) is 2. The van der Waals surface area contributed by atoms with Crippen molar-refractivity contribution in [3.05, 3.63) is 0 Å². The van der Waals surface area contributed by atoms with Crippen molar-refractivity contribution in [1.82, 2.24) is 10.6 Å². The molecule has 2 N–H and O–H groups in total. The van der Waals surface area contributed by atoms with Gasteiger partial charge in [0.05, 0.1) is 0 Å². The minimum Gasteiger partial charge on any atom is -0.381 e. The number of rotatable bonds is 3. The van der Waals surface area contributed by atoms with Crippen LogP contribution in [0.25, 0.3) is 0 Å². The van der Waals surface area contributed by atoms with Gasteiger partial charge in [0.2, 0.25) is 0 Å². The van der Waals surface area contributed by atoms with Gasteiger partial charge in [-0.2, -0.15) is 0 Å². The fraction of sp³-hybridized carbons (Fsp3) is 1.00. The van der Waals surface area contributed by atoms with Gasteiger partial charge >= 0.3 is 0 Å². The number of likely N-dealkylation sites (N-methyl/N-ethyl adjacent to an activating group) is 1. The number of ether oxygens (including phenoxy) is 1. The summed E-state index contributed by atoms with van der Waals surface area (Å²) in [5, 5.41) is 7.10. The standard InChI is InChI=1S/C11H22N2O/c1-12-11(10-3-2-6-13-10)9-4-7-14-8-5-9/h9-13H,2-8H2,1H3. The molecule has 2 aliphatic heterocycles. The maximum absolute atomic E-state index is 5.41. The molecule has 0 aliphatic carbocycles. The zero-order valence-electron chi connectivity index (χ0n) is 9.09. The average Bonchev–Trinajstić information content (AvgIpc) is 2.74. The van der Waals surface area contributed by atoms with Crippen LogP contribution in [-0.4, -0.2) is 38.9 Å². The minimum absolute atomic E-state index is 0.654. The second-order valence-electron chi connectivity index (χ2n) is 4.47. The third-order valence-electron chi connectivity index (χ3n) is 3.64. The number of nitrogens with one attached hydrogen (secondary N) is 2. The molecule has 2 aliphatic rings. The molecule has 14 heavy (non-hydrogen) atoms. The molecular weight excluding hydrogens is 176 g/mol. The summed E-state index contributed by atoms with van der Waals surface area (Å²) in [6.07, 6.45) is 5.13. The molecule has 0 bridgehead atoms. The lowest BCUT2D eigenvalue weighted by atomic mass is 9.86. The highest BCUT2D eigenvalue weighted by Crippen LogP contribution is 2.23. The van der Waals surface area contributed by atoms with Crippen LogP contribution < -0.4 is 10.6 Å². The van der Waals surface area contributed by atoms with Crippen LogP contribution in [0, 0.1) is 5.92 Å². The first-order valence-corrected chi connectivity index (χ1v) is 5.90. The van der Waals surface area contributed by atoms with E-state index in [2.05, 4.69) is 17.7 Å². The lowest BCUT2D eigenvalue weighted by Gasteiger charge is -2.34. The third-order valence-corrected chi connectivity index (χ3v) is 3.64. The molecule has 0 saturated carbocycles. The maximum Gasteiger partial charge on any atom is 0.0469 e. The van der Waals surface area contributed by atoms with E-state index in [1.165, 1.54) is 32.2 Å². The monoisotopic (exact) mass is 198 g/mol. The molecule has 2 fully saturated rings.